The van der Waals surface area contributed by atoms with Crippen LogP contribution in [0.5, 0.6) is 11.5 Å². The lowest BCUT2D eigenvalue weighted by molar-refractivity contribution is -0.384. The van der Waals surface area contributed by atoms with E-state index in [-0.39, 0.29) is 17.9 Å². The van der Waals surface area contributed by atoms with E-state index in [0.29, 0.717) is 23.0 Å². The van der Waals surface area contributed by atoms with Crippen LogP contribution in [0.25, 0.3) is 5.69 Å². The lowest BCUT2D eigenvalue weighted by Crippen LogP contribution is -2.28. The van der Waals surface area contributed by atoms with Crippen molar-refractivity contribution < 1.29 is 19.2 Å². The molecule has 0 aliphatic heterocycles. The van der Waals surface area contributed by atoms with Crippen molar-refractivity contribution in [3.05, 3.63) is 98.1 Å². The van der Waals surface area contributed by atoms with Gasteiger partial charge < -0.3 is 14.8 Å². The molecule has 2 heterocycles. The fourth-order valence-electron chi connectivity index (χ4n) is 3.73. The highest BCUT2D eigenvalue weighted by Crippen LogP contribution is 2.31. The fraction of sp³-hybridized carbons (Fsp3) is 0.167. The molecule has 0 saturated carbocycles. The van der Waals surface area contributed by atoms with Gasteiger partial charge in [-0.05, 0) is 19.1 Å². The minimum absolute atomic E-state index is 0.129. The molecule has 4 rings (SSSR count). The van der Waals surface area contributed by atoms with E-state index >= 15 is 0 Å². The first-order valence-corrected chi connectivity index (χ1v) is 10.7. The predicted molar refractivity (Wildman–Crippen MR) is 130 cm³/mol. The second-order valence-electron chi connectivity index (χ2n) is 7.64. The third kappa shape index (κ3) is 4.64. The summed E-state index contributed by atoms with van der Waals surface area (Å²) in [6, 6.07) is 14.1. The van der Waals surface area contributed by atoms with Crippen molar-refractivity contribution in [2.24, 2.45) is 0 Å². The number of anilines is 1. The van der Waals surface area contributed by atoms with Crippen LogP contribution in [-0.2, 0) is 6.54 Å². The Labute approximate surface area is 204 Å². The average Bonchev–Trinajstić information content (AvgIpc) is 3.30. The number of aryl methyl sites for hydroxylation is 1. The molecule has 2 aromatic heterocycles. The molecule has 0 bridgehead atoms. The number of amides is 1. The number of para-hydroxylation sites is 3. The van der Waals surface area contributed by atoms with Gasteiger partial charge in [0.15, 0.2) is 17.2 Å². The molecule has 0 atom stereocenters. The topological polar surface area (TPSA) is 143 Å². The number of nitro groups is 1. The summed E-state index contributed by atoms with van der Waals surface area (Å²) in [6.07, 6.45) is 1.50. The van der Waals surface area contributed by atoms with Crippen LogP contribution in [-0.4, -0.2) is 44.6 Å². The normalized spacial score (nSPS) is 10.6. The number of nitrogens with one attached hydrogen (secondary N) is 1. The van der Waals surface area contributed by atoms with Gasteiger partial charge in [-0.25, -0.2) is 9.36 Å². The number of aromatic nitrogens is 4. The van der Waals surface area contributed by atoms with Gasteiger partial charge in [0.1, 0.15) is 11.5 Å². The monoisotopic (exact) mass is 490 g/mol. The SMILES string of the molecule is COc1cccc(Cn2nccc2NC(=O)c2nn(-c3ccccc3[N+](=O)[O-])c(C)cc2=O)c1OC. The van der Waals surface area contributed by atoms with E-state index in [1.165, 1.54) is 54.0 Å². The van der Waals surface area contributed by atoms with Crippen molar-refractivity contribution in [1.29, 1.82) is 0 Å². The molecule has 0 saturated heterocycles. The highest BCUT2D eigenvalue weighted by molar-refractivity contribution is 6.02. The van der Waals surface area contributed by atoms with Gasteiger partial charge in [-0.2, -0.15) is 10.2 Å². The summed E-state index contributed by atoms with van der Waals surface area (Å²) in [5.74, 6) is 0.600. The molecule has 0 fully saturated rings. The quantitative estimate of drug-likeness (QED) is 0.293. The largest absolute Gasteiger partial charge is 0.493 e. The molecule has 12 heteroatoms. The number of nitrogens with zero attached hydrogens (tertiary/aromatic N) is 5. The number of rotatable bonds is 8. The Hall–Kier alpha value is -5.00. The Bertz CT molecular complexity index is 1510. The lowest BCUT2D eigenvalue weighted by atomic mass is 10.2. The van der Waals surface area contributed by atoms with E-state index < -0.39 is 22.0 Å². The van der Waals surface area contributed by atoms with Gasteiger partial charge in [0.05, 0.1) is 31.9 Å². The molecule has 1 amide bonds. The van der Waals surface area contributed by atoms with Crippen LogP contribution in [0, 0.1) is 17.0 Å². The lowest BCUT2D eigenvalue weighted by Gasteiger charge is -2.14. The summed E-state index contributed by atoms with van der Waals surface area (Å²) in [5.41, 5.74) is -0.0484. The van der Waals surface area contributed by atoms with Crippen molar-refractivity contribution >= 4 is 17.4 Å². The Kier molecular flexibility index (Phi) is 6.77. The molecular formula is C24H22N6O6. The van der Waals surface area contributed by atoms with Crippen LogP contribution in [0.2, 0.25) is 0 Å². The highest BCUT2D eigenvalue weighted by Gasteiger charge is 2.21. The van der Waals surface area contributed by atoms with Gasteiger partial charge in [-0.1, -0.05) is 24.3 Å². The molecule has 0 spiro atoms. The molecule has 36 heavy (non-hydrogen) atoms. The van der Waals surface area contributed by atoms with E-state index in [1.54, 1.807) is 31.2 Å². The van der Waals surface area contributed by atoms with Gasteiger partial charge in [0, 0.05) is 29.5 Å². The van der Waals surface area contributed by atoms with Crippen LogP contribution in [0.15, 0.2) is 65.6 Å². The second kappa shape index (κ2) is 10.1. The first kappa shape index (κ1) is 24.1. The summed E-state index contributed by atoms with van der Waals surface area (Å²) in [4.78, 5) is 36.6. The minimum atomic E-state index is -0.785. The number of carbonyl (C=O) groups excluding carboxylic acids is 1. The number of methoxy groups -OCH3 is 2. The molecule has 4 aromatic rings. The number of benzene rings is 2. The first-order valence-electron chi connectivity index (χ1n) is 10.7. The van der Waals surface area contributed by atoms with E-state index in [4.69, 9.17) is 9.47 Å². The molecular weight excluding hydrogens is 468 g/mol. The summed E-state index contributed by atoms with van der Waals surface area (Å²) in [5, 5.41) is 22.5. The Morgan fingerprint density at radius 2 is 1.89 bits per heavy atom. The molecule has 0 aliphatic rings. The first-order chi connectivity index (χ1) is 17.3. The number of nitro benzene ring substituents is 1. The predicted octanol–water partition coefficient (Wildman–Crippen LogP) is 2.96. The second-order valence-corrected chi connectivity index (χ2v) is 7.64. The van der Waals surface area contributed by atoms with Gasteiger partial charge in [0.2, 0.25) is 5.43 Å². The minimum Gasteiger partial charge on any atom is -0.493 e. The molecule has 0 unspecified atom stereocenters. The van der Waals surface area contributed by atoms with Crippen LogP contribution < -0.4 is 20.2 Å². The summed E-state index contributed by atoms with van der Waals surface area (Å²) in [7, 11) is 3.06. The van der Waals surface area contributed by atoms with Crippen molar-refractivity contribution in [3.63, 3.8) is 0 Å². The zero-order valence-electron chi connectivity index (χ0n) is 19.7. The maximum Gasteiger partial charge on any atom is 0.294 e. The molecule has 12 nitrogen and oxygen atoms in total. The van der Waals surface area contributed by atoms with Crippen LogP contribution in [0.3, 0.4) is 0 Å². The van der Waals surface area contributed by atoms with Crippen LogP contribution in [0.1, 0.15) is 21.7 Å². The molecule has 2 aromatic carbocycles. The van der Waals surface area contributed by atoms with Gasteiger partial charge in [-0.15, -0.1) is 0 Å². The summed E-state index contributed by atoms with van der Waals surface area (Å²) >= 11 is 0. The smallest absolute Gasteiger partial charge is 0.294 e. The number of carbonyl (C=O) groups is 1. The maximum absolute atomic E-state index is 13.1. The Balaban J connectivity index is 1.66. The zero-order valence-corrected chi connectivity index (χ0v) is 19.7. The fourth-order valence-corrected chi connectivity index (χ4v) is 3.73. The zero-order chi connectivity index (χ0) is 25.8. The van der Waals surface area contributed by atoms with Crippen molar-refractivity contribution in [2.45, 2.75) is 13.5 Å². The third-order valence-corrected chi connectivity index (χ3v) is 5.39. The summed E-state index contributed by atoms with van der Waals surface area (Å²) < 4.78 is 13.5. The maximum atomic E-state index is 13.1. The van der Waals surface area contributed by atoms with Crippen molar-refractivity contribution in [2.75, 3.05) is 19.5 Å². The summed E-state index contributed by atoms with van der Waals surface area (Å²) in [6.45, 7) is 1.81. The Morgan fingerprint density at radius 3 is 2.61 bits per heavy atom. The standard InChI is InChI=1S/C24H22N6O6/c1-15-13-19(31)22(27-29(15)17-8-4-5-9-18(17)30(33)34)24(32)26-21-11-12-25-28(21)14-16-7-6-10-20(35-2)23(16)36-3/h4-13H,14H2,1-3H3,(H,26,32). The molecule has 184 valence electrons. The highest BCUT2D eigenvalue weighted by atomic mass is 16.6. The van der Waals surface area contributed by atoms with Crippen LogP contribution in [0.4, 0.5) is 11.5 Å². The molecule has 0 aliphatic carbocycles. The average molecular weight is 490 g/mol. The number of hydrogen-bond acceptors (Lipinski definition) is 8. The van der Waals surface area contributed by atoms with Crippen LogP contribution >= 0.6 is 0 Å². The third-order valence-electron chi connectivity index (χ3n) is 5.39. The van der Waals surface area contributed by atoms with E-state index in [0.717, 1.165) is 5.56 Å². The van der Waals surface area contributed by atoms with Gasteiger partial charge >= 0.3 is 0 Å². The van der Waals surface area contributed by atoms with E-state index in [2.05, 4.69) is 15.5 Å². The molecule has 0 radical (unpaired) electrons. The van der Waals surface area contributed by atoms with Gasteiger partial charge in [0.25, 0.3) is 11.6 Å². The van der Waals surface area contributed by atoms with Gasteiger partial charge in [-0.3, -0.25) is 19.7 Å². The number of hydrogen-bond donors (Lipinski definition) is 1. The van der Waals surface area contributed by atoms with E-state index in [1.807, 2.05) is 6.07 Å². The number of ether oxygens (including phenoxy) is 2. The Morgan fingerprint density at radius 1 is 1.11 bits per heavy atom. The molecule has 1 N–H and O–H groups in total. The van der Waals surface area contributed by atoms with Crippen molar-refractivity contribution in [1.82, 2.24) is 19.6 Å². The van der Waals surface area contributed by atoms with E-state index in [9.17, 15) is 19.7 Å². The van der Waals surface area contributed by atoms with Crippen molar-refractivity contribution in [3.8, 4) is 17.2 Å².